The minimum Gasteiger partial charge on any atom is -0.462 e. The second kappa shape index (κ2) is 39.8. The summed E-state index contributed by atoms with van der Waals surface area (Å²) < 4.78 is 32.6. The largest absolute Gasteiger partial charge is 0.472 e. The maximum atomic E-state index is 12.5. The highest BCUT2D eigenvalue weighted by Crippen LogP contribution is 2.43. The summed E-state index contributed by atoms with van der Waals surface area (Å²) in [7, 11) is -4.42. The maximum absolute atomic E-state index is 12.5. The van der Waals surface area contributed by atoms with E-state index in [1.54, 1.807) is 6.08 Å². The van der Waals surface area contributed by atoms with E-state index >= 15 is 0 Å². The highest BCUT2D eigenvalue weighted by Gasteiger charge is 2.25. The summed E-state index contributed by atoms with van der Waals surface area (Å²) >= 11 is 0. The normalized spacial score (nSPS) is 15.0. The van der Waals surface area contributed by atoms with E-state index in [9.17, 15) is 24.2 Å². The molecule has 0 aromatic carbocycles. The fourth-order valence-electron chi connectivity index (χ4n) is 4.69. The van der Waals surface area contributed by atoms with Crippen molar-refractivity contribution in [1.29, 1.82) is 0 Å². The number of phosphoric ester groups is 1. The third-order valence-electron chi connectivity index (χ3n) is 7.72. The van der Waals surface area contributed by atoms with Crippen molar-refractivity contribution < 1.29 is 42.7 Å². The minimum atomic E-state index is -4.42. The number of carbonyl (C=O) groups is 2. The lowest BCUT2D eigenvalue weighted by atomic mass is 10.1. The minimum absolute atomic E-state index is 0.0215. The number of phosphoric acid groups is 1. The zero-order chi connectivity index (χ0) is 41.2. The third-order valence-corrected chi connectivity index (χ3v) is 8.71. The van der Waals surface area contributed by atoms with Crippen molar-refractivity contribution in [2.24, 2.45) is 5.73 Å². The van der Waals surface area contributed by atoms with Crippen LogP contribution in [0.4, 0.5) is 0 Å². The van der Waals surface area contributed by atoms with Gasteiger partial charge in [-0.2, -0.15) is 0 Å². The first-order valence-electron chi connectivity index (χ1n) is 20.5. The number of allylic oxidation sites excluding steroid dienone is 16. The first-order chi connectivity index (χ1) is 27.2. The van der Waals surface area contributed by atoms with Crippen LogP contribution in [0.5, 0.6) is 0 Å². The predicted octanol–water partition coefficient (Wildman–Crippen LogP) is 10.6. The van der Waals surface area contributed by atoms with Crippen molar-refractivity contribution in [2.45, 2.75) is 135 Å². The second-order valence-corrected chi connectivity index (χ2v) is 14.4. The summed E-state index contributed by atoms with van der Waals surface area (Å²) in [6, 6.07) is 0. The van der Waals surface area contributed by atoms with Crippen LogP contribution >= 0.6 is 7.82 Å². The average Bonchev–Trinajstić information content (AvgIpc) is 3.18. The van der Waals surface area contributed by atoms with Crippen LogP contribution in [0.1, 0.15) is 123 Å². The van der Waals surface area contributed by atoms with Crippen molar-refractivity contribution in [3.63, 3.8) is 0 Å². The number of aliphatic hydroxyl groups excluding tert-OH is 1. The summed E-state index contributed by atoms with van der Waals surface area (Å²) in [6.45, 7) is 3.33. The number of carbonyl (C=O) groups excluding carboxylic acids is 2. The Morgan fingerprint density at radius 2 is 1.18 bits per heavy atom. The van der Waals surface area contributed by atoms with E-state index in [1.165, 1.54) is 19.3 Å². The number of esters is 2. The first kappa shape index (κ1) is 52.6. The van der Waals surface area contributed by atoms with Crippen molar-refractivity contribution in [3.8, 4) is 0 Å². The van der Waals surface area contributed by atoms with E-state index in [0.29, 0.717) is 32.1 Å². The van der Waals surface area contributed by atoms with Crippen LogP contribution in [0.2, 0.25) is 0 Å². The lowest BCUT2D eigenvalue weighted by Crippen LogP contribution is -2.29. The molecule has 0 bridgehead atoms. The van der Waals surface area contributed by atoms with Gasteiger partial charge in [-0.05, 0) is 83.5 Å². The Hall–Kier alpha value is -3.37. The maximum Gasteiger partial charge on any atom is 0.472 e. The summed E-state index contributed by atoms with van der Waals surface area (Å²) in [5.41, 5.74) is 5.33. The summed E-state index contributed by atoms with van der Waals surface area (Å²) in [6.07, 6.45) is 48.7. The van der Waals surface area contributed by atoms with E-state index in [2.05, 4.69) is 68.5 Å². The molecule has 0 saturated carbocycles. The van der Waals surface area contributed by atoms with E-state index < -0.39 is 38.6 Å². The van der Waals surface area contributed by atoms with Gasteiger partial charge in [0.15, 0.2) is 6.10 Å². The number of ether oxygens (including phenoxy) is 2. The van der Waals surface area contributed by atoms with E-state index in [4.69, 9.17) is 24.3 Å². The zero-order valence-electron chi connectivity index (χ0n) is 34.2. The fraction of sp³-hybridized carbons (Fsp3) is 0.556. The number of hydrogen-bond donors (Lipinski definition) is 3. The molecule has 0 aromatic heterocycles. The van der Waals surface area contributed by atoms with Gasteiger partial charge in [0.1, 0.15) is 6.61 Å². The Labute approximate surface area is 338 Å². The standard InChI is InChI=1S/C45H72NO9P/c1-3-5-7-9-11-12-13-14-15-16-17-18-19-20-25-29-33-37-45(49)55-43(41-54-56(50,51)53-39-38-46)40-52-44(48)36-32-28-24-22-21-23-27-31-35-42(47)34-30-26-10-8-6-4-2/h5,7,11-12,14-15,17-18,20,22-27,30-31,35,42-43,47H,3-4,6,8-10,13,16,19,21,28-29,32-34,36-41,46H2,1-2H3,(H,50,51)/b7-5-,12-11-,15-14-,18-17-,24-22-,25-20-,27-23-,30-26-,35-31+/t42-,43-/m1/s1. The quantitative estimate of drug-likeness (QED) is 0.0183. The van der Waals surface area contributed by atoms with Gasteiger partial charge in [0.05, 0.1) is 19.3 Å². The van der Waals surface area contributed by atoms with Crippen molar-refractivity contribution in [3.05, 3.63) is 109 Å². The molecule has 11 heteroatoms. The number of unbranched alkanes of at least 4 members (excludes halogenated alkanes) is 5. The molecule has 0 saturated heterocycles. The second-order valence-electron chi connectivity index (χ2n) is 13.0. The first-order valence-corrected chi connectivity index (χ1v) is 22.0. The Morgan fingerprint density at radius 1 is 0.643 bits per heavy atom. The molecule has 4 N–H and O–H groups in total. The molecular formula is C45H72NO9P. The average molecular weight is 802 g/mol. The van der Waals surface area contributed by atoms with Crippen molar-refractivity contribution >= 4 is 19.8 Å². The smallest absolute Gasteiger partial charge is 0.462 e. The van der Waals surface area contributed by atoms with E-state index in [-0.39, 0.29) is 32.6 Å². The number of hydrogen-bond acceptors (Lipinski definition) is 9. The fourth-order valence-corrected chi connectivity index (χ4v) is 5.45. The number of aliphatic hydroxyl groups is 1. The topological polar surface area (TPSA) is 155 Å². The van der Waals surface area contributed by atoms with E-state index in [0.717, 1.165) is 44.9 Å². The molecule has 0 heterocycles. The van der Waals surface area contributed by atoms with Crippen molar-refractivity contribution in [2.75, 3.05) is 26.4 Å². The van der Waals surface area contributed by atoms with Gasteiger partial charge >= 0.3 is 19.8 Å². The van der Waals surface area contributed by atoms with Gasteiger partial charge < -0.3 is 25.2 Å². The molecule has 0 aromatic rings. The molecule has 316 valence electrons. The summed E-state index contributed by atoms with van der Waals surface area (Å²) in [5, 5.41) is 10.0. The van der Waals surface area contributed by atoms with Crippen LogP contribution < -0.4 is 5.73 Å². The van der Waals surface area contributed by atoms with Crippen LogP contribution in [0, 0.1) is 0 Å². The Bertz CT molecular complexity index is 1300. The molecule has 3 atom stereocenters. The molecule has 56 heavy (non-hydrogen) atoms. The monoisotopic (exact) mass is 801 g/mol. The summed E-state index contributed by atoms with van der Waals surface area (Å²) in [4.78, 5) is 34.8. The van der Waals surface area contributed by atoms with Gasteiger partial charge in [0.2, 0.25) is 0 Å². The van der Waals surface area contributed by atoms with Crippen LogP contribution in [0.25, 0.3) is 0 Å². The van der Waals surface area contributed by atoms with Gasteiger partial charge in [0, 0.05) is 19.4 Å². The molecule has 0 aliphatic carbocycles. The van der Waals surface area contributed by atoms with Gasteiger partial charge in [-0.15, -0.1) is 0 Å². The molecule has 0 amide bonds. The molecule has 0 spiro atoms. The van der Waals surface area contributed by atoms with E-state index in [1.807, 2.05) is 48.6 Å². The zero-order valence-corrected chi connectivity index (χ0v) is 35.1. The molecular weight excluding hydrogens is 729 g/mol. The van der Waals surface area contributed by atoms with Gasteiger partial charge in [0.25, 0.3) is 0 Å². The number of rotatable bonds is 36. The number of nitrogens with two attached hydrogens (primary N) is 1. The Morgan fingerprint density at radius 3 is 1.77 bits per heavy atom. The molecule has 0 aliphatic heterocycles. The Kier molecular flexibility index (Phi) is 37.5. The van der Waals surface area contributed by atoms with Gasteiger partial charge in [-0.1, -0.05) is 136 Å². The van der Waals surface area contributed by atoms with Crippen LogP contribution in [-0.4, -0.2) is 60.5 Å². The highest BCUT2D eigenvalue weighted by atomic mass is 31.2. The summed E-state index contributed by atoms with van der Waals surface area (Å²) in [5.74, 6) is -1.02. The molecule has 1 unspecified atom stereocenters. The van der Waals surface area contributed by atoms with Crippen LogP contribution in [-0.2, 0) is 32.7 Å². The molecule has 0 fully saturated rings. The third kappa shape index (κ3) is 38.9. The predicted molar refractivity (Wildman–Crippen MR) is 230 cm³/mol. The van der Waals surface area contributed by atoms with Crippen LogP contribution in [0.3, 0.4) is 0 Å². The molecule has 0 aliphatic rings. The van der Waals surface area contributed by atoms with Crippen molar-refractivity contribution in [1.82, 2.24) is 0 Å². The molecule has 10 nitrogen and oxygen atoms in total. The van der Waals surface area contributed by atoms with Gasteiger partial charge in [-0.3, -0.25) is 18.6 Å². The lowest BCUT2D eigenvalue weighted by molar-refractivity contribution is -0.161. The SMILES string of the molecule is CC/C=C\C/C=C\C/C=C\C/C=C\C/C=C\CCCC(=O)O[C@H](COC(=O)CCC/C=C\C/C=C\C=C\[C@H](O)C/C=C\CCCCC)COP(=O)(O)OCCN. The Balaban J connectivity index is 4.47. The van der Waals surface area contributed by atoms with Crippen LogP contribution in [0.15, 0.2) is 109 Å². The lowest BCUT2D eigenvalue weighted by Gasteiger charge is -2.19. The van der Waals surface area contributed by atoms with Gasteiger partial charge in [-0.25, -0.2) is 4.57 Å². The molecule has 0 radical (unpaired) electrons. The highest BCUT2D eigenvalue weighted by molar-refractivity contribution is 7.47. The molecule has 0 rings (SSSR count).